The Morgan fingerprint density at radius 1 is 0.963 bits per heavy atom. The fourth-order valence-electron chi connectivity index (χ4n) is 3.80. The van der Waals surface area contributed by atoms with Crippen molar-refractivity contribution in [2.75, 3.05) is 13.1 Å². The van der Waals surface area contributed by atoms with E-state index in [1.165, 1.54) is 30.7 Å². The minimum atomic E-state index is -0.198. The first-order chi connectivity index (χ1) is 13.3. The van der Waals surface area contributed by atoms with Gasteiger partial charge in [0, 0.05) is 43.0 Å². The highest BCUT2D eigenvalue weighted by Crippen LogP contribution is 2.26. The molecule has 0 bridgehead atoms. The zero-order valence-corrected chi connectivity index (χ0v) is 15.4. The molecule has 4 rings (SSSR count). The molecule has 0 spiro atoms. The lowest BCUT2D eigenvalue weighted by Gasteiger charge is -2.32. The number of aromatic nitrogens is 2. The fraction of sp³-hybridized carbons (Fsp3) is 0.304. The van der Waals surface area contributed by atoms with E-state index in [-0.39, 0.29) is 5.82 Å². The summed E-state index contributed by atoms with van der Waals surface area (Å²) in [6.45, 7) is 3.03. The van der Waals surface area contributed by atoms with E-state index in [2.05, 4.69) is 34.1 Å². The highest BCUT2D eigenvalue weighted by Gasteiger charge is 2.22. The lowest BCUT2D eigenvalue weighted by Crippen LogP contribution is -2.34. The molecule has 138 valence electrons. The molecule has 4 heteroatoms. The maximum atomic E-state index is 13.1. The Bertz CT molecular complexity index is 864. The molecule has 1 aliphatic heterocycles. The largest absolute Gasteiger partial charge is 0.297 e. The molecule has 27 heavy (non-hydrogen) atoms. The maximum Gasteiger partial charge on any atom is 0.123 e. The number of hydrogen-bond acceptors (Lipinski definition) is 3. The molecule has 0 amide bonds. The molecule has 1 fully saturated rings. The van der Waals surface area contributed by atoms with Gasteiger partial charge in [-0.05, 0) is 61.3 Å². The first-order valence-corrected chi connectivity index (χ1v) is 9.59. The quantitative estimate of drug-likeness (QED) is 0.666. The molecule has 0 radical (unpaired) electrons. The van der Waals surface area contributed by atoms with Gasteiger partial charge >= 0.3 is 0 Å². The lowest BCUT2D eigenvalue weighted by molar-refractivity contribution is 0.196. The molecular weight excluding hydrogens is 337 g/mol. The second-order valence-corrected chi connectivity index (χ2v) is 7.25. The zero-order valence-electron chi connectivity index (χ0n) is 15.4. The van der Waals surface area contributed by atoms with Crippen LogP contribution in [0.4, 0.5) is 4.39 Å². The molecule has 1 atom stereocenters. The number of likely N-dealkylation sites (tertiary alicyclic amines) is 1. The van der Waals surface area contributed by atoms with Gasteiger partial charge in [0.15, 0.2) is 0 Å². The summed E-state index contributed by atoms with van der Waals surface area (Å²) in [5.74, 6) is 0.256. The van der Waals surface area contributed by atoms with Crippen molar-refractivity contribution in [3.05, 3.63) is 95.3 Å². The van der Waals surface area contributed by atoms with Crippen molar-refractivity contribution in [1.82, 2.24) is 14.9 Å². The van der Waals surface area contributed by atoms with E-state index in [1.54, 1.807) is 0 Å². The normalized spacial score (nSPS) is 17.7. The van der Waals surface area contributed by atoms with E-state index in [4.69, 9.17) is 4.98 Å². The van der Waals surface area contributed by atoms with E-state index in [0.717, 1.165) is 43.0 Å². The van der Waals surface area contributed by atoms with Crippen LogP contribution in [0.2, 0.25) is 0 Å². The topological polar surface area (TPSA) is 29.0 Å². The van der Waals surface area contributed by atoms with Gasteiger partial charge in [-0.1, -0.05) is 24.3 Å². The maximum absolute atomic E-state index is 13.1. The third kappa shape index (κ3) is 4.77. The summed E-state index contributed by atoms with van der Waals surface area (Å²) in [5, 5.41) is 0. The monoisotopic (exact) mass is 361 g/mol. The third-order valence-corrected chi connectivity index (χ3v) is 5.16. The van der Waals surface area contributed by atoms with E-state index < -0.39 is 0 Å². The summed E-state index contributed by atoms with van der Waals surface area (Å²) in [6.07, 6.45) is 4.95. The van der Waals surface area contributed by atoms with Crippen LogP contribution in [0.25, 0.3) is 0 Å². The van der Waals surface area contributed by atoms with Gasteiger partial charge < -0.3 is 0 Å². The van der Waals surface area contributed by atoms with Crippen molar-refractivity contribution >= 4 is 0 Å². The average Bonchev–Trinajstić information content (AvgIpc) is 2.71. The van der Waals surface area contributed by atoms with Gasteiger partial charge in [0.2, 0.25) is 0 Å². The van der Waals surface area contributed by atoms with Gasteiger partial charge in [-0.3, -0.25) is 14.9 Å². The van der Waals surface area contributed by atoms with E-state index in [1.807, 2.05) is 30.5 Å². The summed E-state index contributed by atoms with van der Waals surface area (Å²) in [7, 11) is 0. The zero-order chi connectivity index (χ0) is 18.5. The second-order valence-electron chi connectivity index (χ2n) is 7.25. The molecule has 0 aliphatic carbocycles. The van der Waals surface area contributed by atoms with Gasteiger partial charge in [0.25, 0.3) is 0 Å². The van der Waals surface area contributed by atoms with Crippen molar-refractivity contribution < 1.29 is 4.39 Å². The first-order valence-electron chi connectivity index (χ1n) is 9.59. The summed E-state index contributed by atoms with van der Waals surface area (Å²) in [6, 6.07) is 19.1. The molecule has 1 aromatic carbocycles. The second kappa shape index (κ2) is 8.40. The number of nitrogens with zero attached hydrogens (tertiary/aromatic N) is 3. The van der Waals surface area contributed by atoms with Crippen LogP contribution in [-0.2, 0) is 13.0 Å². The highest BCUT2D eigenvalue weighted by atomic mass is 19.1. The van der Waals surface area contributed by atoms with Crippen molar-refractivity contribution in [2.24, 2.45) is 0 Å². The Morgan fingerprint density at radius 2 is 1.81 bits per heavy atom. The van der Waals surface area contributed by atoms with Crippen molar-refractivity contribution in [3.8, 4) is 0 Å². The average molecular weight is 361 g/mol. The highest BCUT2D eigenvalue weighted by molar-refractivity contribution is 5.24. The van der Waals surface area contributed by atoms with Crippen molar-refractivity contribution in [3.63, 3.8) is 0 Å². The number of hydrogen-bond donors (Lipinski definition) is 0. The van der Waals surface area contributed by atoms with Gasteiger partial charge in [-0.15, -0.1) is 0 Å². The summed E-state index contributed by atoms with van der Waals surface area (Å²) in [5.41, 5.74) is 4.42. The van der Waals surface area contributed by atoms with E-state index >= 15 is 0 Å². The van der Waals surface area contributed by atoms with Gasteiger partial charge in [-0.2, -0.15) is 0 Å². The smallest absolute Gasteiger partial charge is 0.123 e. The van der Waals surface area contributed by atoms with E-state index in [0.29, 0.717) is 5.92 Å². The van der Waals surface area contributed by atoms with E-state index in [9.17, 15) is 4.39 Å². The predicted molar refractivity (Wildman–Crippen MR) is 105 cm³/mol. The Hall–Kier alpha value is -2.59. The van der Waals surface area contributed by atoms with Crippen LogP contribution < -0.4 is 0 Å². The SMILES string of the molecule is Fc1ccc(Cc2cccc(C3CCCN(Cc4ccccn4)C3)n2)cc1. The predicted octanol–water partition coefficient (Wildman–Crippen LogP) is 4.59. The van der Waals surface area contributed by atoms with Crippen LogP contribution in [0.1, 0.15) is 41.4 Å². The van der Waals surface area contributed by atoms with Crippen LogP contribution >= 0.6 is 0 Å². The van der Waals surface area contributed by atoms with Gasteiger partial charge in [-0.25, -0.2) is 4.39 Å². The van der Waals surface area contributed by atoms with Crippen LogP contribution in [0, 0.1) is 5.82 Å². The number of pyridine rings is 2. The summed E-state index contributed by atoms with van der Waals surface area (Å²) in [4.78, 5) is 11.9. The number of rotatable bonds is 5. The fourth-order valence-corrected chi connectivity index (χ4v) is 3.80. The lowest BCUT2D eigenvalue weighted by atomic mass is 9.93. The molecule has 3 heterocycles. The number of piperidine rings is 1. The molecule has 1 aliphatic rings. The van der Waals surface area contributed by atoms with Crippen molar-refractivity contribution in [1.29, 1.82) is 0 Å². The van der Waals surface area contributed by atoms with Gasteiger partial charge in [0.05, 0.1) is 5.69 Å². The van der Waals surface area contributed by atoms with Crippen LogP contribution in [-0.4, -0.2) is 28.0 Å². The minimum Gasteiger partial charge on any atom is -0.297 e. The third-order valence-electron chi connectivity index (χ3n) is 5.16. The van der Waals surface area contributed by atoms with Crippen LogP contribution in [0.15, 0.2) is 66.9 Å². The standard InChI is InChI=1S/C23H24FN3/c24-20-11-9-18(10-12-20)15-21-7-3-8-23(26-21)19-5-4-14-27(16-19)17-22-6-1-2-13-25-22/h1-3,6-13,19H,4-5,14-17H2. The number of halogens is 1. The molecule has 0 saturated carbocycles. The molecule has 3 nitrogen and oxygen atoms in total. The Morgan fingerprint density at radius 3 is 2.63 bits per heavy atom. The molecule has 3 aromatic rings. The summed E-state index contributed by atoms with van der Waals surface area (Å²) >= 11 is 0. The molecule has 1 unspecified atom stereocenters. The minimum absolute atomic E-state index is 0.198. The summed E-state index contributed by atoms with van der Waals surface area (Å²) < 4.78 is 13.1. The number of benzene rings is 1. The van der Waals surface area contributed by atoms with Crippen LogP contribution in [0.3, 0.4) is 0 Å². The first kappa shape index (κ1) is 17.8. The Balaban J connectivity index is 1.43. The molecule has 2 aromatic heterocycles. The molecule has 0 N–H and O–H groups in total. The Labute approximate surface area is 159 Å². The van der Waals surface area contributed by atoms with Crippen LogP contribution in [0.5, 0.6) is 0 Å². The van der Waals surface area contributed by atoms with Gasteiger partial charge in [0.1, 0.15) is 5.82 Å². The molecule has 1 saturated heterocycles. The molecular formula is C23H24FN3. The van der Waals surface area contributed by atoms with Crippen molar-refractivity contribution in [2.45, 2.75) is 31.7 Å². The Kier molecular flexibility index (Phi) is 5.54.